The van der Waals surface area contributed by atoms with Crippen molar-refractivity contribution >= 4 is 23.2 Å². The number of ether oxygens (including phenoxy) is 2. The number of nitrogens with zero attached hydrogens (tertiary/aromatic N) is 2. The van der Waals surface area contributed by atoms with Crippen LogP contribution in [0, 0.1) is 6.92 Å². The van der Waals surface area contributed by atoms with Gasteiger partial charge in [0.25, 0.3) is 0 Å². The van der Waals surface area contributed by atoms with Crippen molar-refractivity contribution in [2.45, 2.75) is 13.3 Å². The fourth-order valence-corrected chi connectivity index (χ4v) is 2.68. The molecule has 3 rings (SSSR count). The van der Waals surface area contributed by atoms with Gasteiger partial charge >= 0.3 is 0 Å². The molecule has 2 N–H and O–H groups in total. The van der Waals surface area contributed by atoms with Crippen LogP contribution in [0.1, 0.15) is 11.1 Å². The topological polar surface area (TPSA) is 85.4 Å². The van der Waals surface area contributed by atoms with Crippen molar-refractivity contribution in [1.82, 2.24) is 10.2 Å². The lowest BCUT2D eigenvalue weighted by Crippen LogP contribution is -2.16. The van der Waals surface area contributed by atoms with Gasteiger partial charge in [-0.3, -0.25) is 4.79 Å². The maximum atomic E-state index is 12.3. The van der Waals surface area contributed by atoms with Crippen LogP contribution in [0.3, 0.4) is 0 Å². The molecule has 0 spiro atoms. The van der Waals surface area contributed by atoms with Crippen LogP contribution < -0.4 is 20.1 Å². The summed E-state index contributed by atoms with van der Waals surface area (Å²) in [7, 11) is 3.13. The van der Waals surface area contributed by atoms with Crippen molar-refractivity contribution in [3.63, 3.8) is 0 Å². The number of hydrogen-bond acceptors (Lipinski definition) is 6. The van der Waals surface area contributed by atoms with Crippen molar-refractivity contribution in [2.75, 3.05) is 24.9 Å². The molecular formula is C21H22N4O3. The van der Waals surface area contributed by atoms with E-state index in [2.05, 4.69) is 20.8 Å². The fraction of sp³-hybridized carbons (Fsp3) is 0.190. The summed E-state index contributed by atoms with van der Waals surface area (Å²) in [5, 5.41) is 14.1. The first-order valence-corrected chi connectivity index (χ1v) is 8.76. The minimum atomic E-state index is -0.193. The molecule has 3 aromatic rings. The van der Waals surface area contributed by atoms with E-state index in [1.54, 1.807) is 38.5 Å². The van der Waals surface area contributed by atoms with Gasteiger partial charge in [0.15, 0.2) is 23.1 Å². The minimum Gasteiger partial charge on any atom is -0.493 e. The van der Waals surface area contributed by atoms with E-state index in [0.29, 0.717) is 23.1 Å². The third-order valence-electron chi connectivity index (χ3n) is 4.15. The summed E-state index contributed by atoms with van der Waals surface area (Å²) in [4.78, 5) is 12.3. The van der Waals surface area contributed by atoms with Gasteiger partial charge in [0, 0.05) is 5.69 Å². The lowest BCUT2D eigenvalue weighted by molar-refractivity contribution is -0.115. The second-order valence-electron chi connectivity index (χ2n) is 6.16. The highest BCUT2D eigenvalue weighted by molar-refractivity contribution is 5.91. The van der Waals surface area contributed by atoms with E-state index >= 15 is 0 Å². The van der Waals surface area contributed by atoms with Gasteiger partial charge in [-0.15, -0.1) is 10.2 Å². The fourth-order valence-electron chi connectivity index (χ4n) is 2.68. The number of methoxy groups -OCH3 is 2. The summed E-state index contributed by atoms with van der Waals surface area (Å²) in [5.74, 6) is 2.00. The van der Waals surface area contributed by atoms with Gasteiger partial charge in [-0.1, -0.05) is 24.3 Å². The molecule has 0 radical (unpaired) electrons. The van der Waals surface area contributed by atoms with E-state index in [1.807, 2.05) is 37.3 Å². The molecule has 7 heteroatoms. The van der Waals surface area contributed by atoms with E-state index < -0.39 is 0 Å². The average molecular weight is 378 g/mol. The van der Waals surface area contributed by atoms with E-state index in [9.17, 15) is 4.79 Å². The van der Waals surface area contributed by atoms with Gasteiger partial charge < -0.3 is 20.1 Å². The van der Waals surface area contributed by atoms with E-state index in [1.165, 1.54) is 0 Å². The first-order chi connectivity index (χ1) is 13.6. The van der Waals surface area contributed by atoms with Crippen LogP contribution in [0.2, 0.25) is 0 Å². The van der Waals surface area contributed by atoms with E-state index in [0.717, 1.165) is 16.8 Å². The number of rotatable bonds is 7. The highest BCUT2D eigenvalue weighted by atomic mass is 16.5. The van der Waals surface area contributed by atoms with Crippen molar-refractivity contribution < 1.29 is 14.3 Å². The third-order valence-corrected chi connectivity index (χ3v) is 4.15. The number of aryl methyl sites for hydroxylation is 1. The molecule has 0 fully saturated rings. The summed E-state index contributed by atoms with van der Waals surface area (Å²) < 4.78 is 10.5. The summed E-state index contributed by atoms with van der Waals surface area (Å²) in [6.07, 6.45) is 0.186. The average Bonchev–Trinajstić information content (AvgIpc) is 2.71. The molecule has 1 heterocycles. The van der Waals surface area contributed by atoms with Crippen LogP contribution in [0.25, 0.3) is 0 Å². The lowest BCUT2D eigenvalue weighted by atomic mass is 10.1. The summed E-state index contributed by atoms with van der Waals surface area (Å²) >= 11 is 0. The molecule has 0 aliphatic rings. The largest absolute Gasteiger partial charge is 0.493 e. The van der Waals surface area contributed by atoms with Crippen LogP contribution in [0.5, 0.6) is 11.5 Å². The molecule has 0 saturated heterocycles. The number of hydrogen-bond donors (Lipinski definition) is 2. The number of carbonyl (C=O) groups excluding carboxylic acids is 1. The predicted octanol–water partition coefficient (Wildman–Crippen LogP) is 3.73. The Morgan fingerprint density at radius 2 is 1.64 bits per heavy atom. The zero-order valence-electron chi connectivity index (χ0n) is 16.0. The van der Waals surface area contributed by atoms with Crippen molar-refractivity contribution in [3.8, 4) is 11.5 Å². The molecule has 0 unspecified atom stereocenters. The Hall–Kier alpha value is -3.61. The Labute approximate surface area is 163 Å². The van der Waals surface area contributed by atoms with Crippen LogP contribution in [-0.2, 0) is 11.2 Å². The quantitative estimate of drug-likeness (QED) is 0.652. The van der Waals surface area contributed by atoms with Crippen molar-refractivity contribution in [1.29, 1.82) is 0 Å². The van der Waals surface area contributed by atoms with Crippen LogP contribution in [-0.4, -0.2) is 30.3 Å². The number of nitrogens with one attached hydrogen (secondary N) is 2. The molecular weight excluding hydrogens is 356 g/mol. The molecule has 144 valence electrons. The molecule has 0 saturated carbocycles. The SMILES string of the molecule is COc1ccc(CC(=O)Nc2ccc(Nc3ccccc3C)nn2)cc1OC. The Kier molecular flexibility index (Phi) is 6.06. The number of para-hydroxylation sites is 1. The Morgan fingerprint density at radius 1 is 0.929 bits per heavy atom. The zero-order chi connectivity index (χ0) is 19.9. The number of anilines is 3. The Bertz CT molecular complexity index is 958. The monoisotopic (exact) mass is 378 g/mol. The number of aromatic nitrogens is 2. The molecule has 0 atom stereocenters. The highest BCUT2D eigenvalue weighted by Crippen LogP contribution is 2.27. The second-order valence-corrected chi connectivity index (χ2v) is 6.16. The van der Waals surface area contributed by atoms with Gasteiger partial charge in [-0.2, -0.15) is 0 Å². The second kappa shape index (κ2) is 8.85. The summed E-state index contributed by atoms with van der Waals surface area (Å²) in [5.41, 5.74) is 2.87. The predicted molar refractivity (Wildman–Crippen MR) is 108 cm³/mol. The van der Waals surface area contributed by atoms with Gasteiger partial charge in [0.2, 0.25) is 5.91 Å². The van der Waals surface area contributed by atoms with Crippen LogP contribution in [0.4, 0.5) is 17.3 Å². The third kappa shape index (κ3) is 4.76. The first-order valence-electron chi connectivity index (χ1n) is 8.76. The van der Waals surface area contributed by atoms with Gasteiger partial charge in [-0.05, 0) is 48.4 Å². The highest BCUT2D eigenvalue weighted by Gasteiger charge is 2.10. The zero-order valence-corrected chi connectivity index (χ0v) is 16.0. The first kappa shape index (κ1) is 19.2. The van der Waals surface area contributed by atoms with Crippen molar-refractivity contribution in [2.24, 2.45) is 0 Å². The van der Waals surface area contributed by atoms with Crippen LogP contribution in [0.15, 0.2) is 54.6 Å². The summed E-state index contributed by atoms with van der Waals surface area (Å²) in [6.45, 7) is 2.01. The normalized spacial score (nSPS) is 10.2. The minimum absolute atomic E-state index is 0.186. The molecule has 7 nitrogen and oxygen atoms in total. The van der Waals surface area contributed by atoms with Gasteiger partial charge in [0.05, 0.1) is 20.6 Å². The smallest absolute Gasteiger partial charge is 0.229 e. The molecule has 1 aromatic heterocycles. The number of carbonyl (C=O) groups is 1. The van der Waals surface area contributed by atoms with Crippen LogP contribution >= 0.6 is 0 Å². The molecule has 2 aromatic carbocycles. The molecule has 1 amide bonds. The maximum Gasteiger partial charge on any atom is 0.229 e. The van der Waals surface area contributed by atoms with Gasteiger partial charge in [0.1, 0.15) is 0 Å². The van der Waals surface area contributed by atoms with Crippen molar-refractivity contribution in [3.05, 3.63) is 65.7 Å². The maximum absolute atomic E-state index is 12.3. The molecule has 0 bridgehead atoms. The molecule has 0 aliphatic heterocycles. The number of amides is 1. The lowest BCUT2D eigenvalue weighted by Gasteiger charge is -2.10. The van der Waals surface area contributed by atoms with E-state index in [4.69, 9.17) is 9.47 Å². The molecule has 28 heavy (non-hydrogen) atoms. The number of benzene rings is 2. The van der Waals surface area contributed by atoms with Gasteiger partial charge in [-0.25, -0.2) is 0 Å². The Morgan fingerprint density at radius 3 is 2.32 bits per heavy atom. The summed E-state index contributed by atoms with van der Waals surface area (Å²) in [6, 6.07) is 16.8. The molecule has 0 aliphatic carbocycles. The van der Waals surface area contributed by atoms with E-state index in [-0.39, 0.29) is 12.3 Å². The Balaban J connectivity index is 1.61. The standard InChI is InChI=1S/C21H22N4O3/c1-14-6-4-5-7-16(14)22-19-10-11-20(25-24-19)23-21(26)13-15-8-9-17(27-2)18(12-15)28-3/h4-12H,13H2,1-3H3,(H,22,24)(H,23,25,26).